The molecular formula is C16H6F8. The normalized spacial score (nSPS) is 22.3. The number of hydrogen-bond donors (Lipinski definition) is 0. The van der Waals surface area contributed by atoms with Crippen molar-refractivity contribution in [1.82, 2.24) is 0 Å². The highest BCUT2D eigenvalue weighted by Crippen LogP contribution is 2.53. The molecule has 4 aliphatic carbocycles. The van der Waals surface area contributed by atoms with Crippen LogP contribution in [0, 0.1) is 12.1 Å². The van der Waals surface area contributed by atoms with E-state index in [9.17, 15) is 35.1 Å². The molecule has 2 aromatic carbocycles. The third-order valence-electron chi connectivity index (χ3n) is 3.82. The molecule has 0 amide bonds. The van der Waals surface area contributed by atoms with Crippen molar-refractivity contribution in [1.29, 1.82) is 0 Å². The van der Waals surface area contributed by atoms with E-state index in [-0.39, 0.29) is 36.4 Å². The maximum atomic E-state index is 14.1. The van der Waals surface area contributed by atoms with E-state index < -0.39 is 45.9 Å². The molecule has 0 saturated carbocycles. The van der Waals surface area contributed by atoms with E-state index in [1.165, 1.54) is 12.1 Å². The van der Waals surface area contributed by atoms with Crippen LogP contribution in [-0.4, -0.2) is 0 Å². The lowest BCUT2D eigenvalue weighted by atomic mass is 9.90. The fourth-order valence-corrected chi connectivity index (χ4v) is 2.34. The first-order chi connectivity index (χ1) is 10.9. The highest BCUT2D eigenvalue weighted by Gasteiger charge is 2.62. The minimum Gasteiger partial charge on any atom is -0.194 e. The van der Waals surface area contributed by atoms with Gasteiger partial charge in [-0.2, -0.15) is 35.1 Å². The number of benzene rings is 1. The summed E-state index contributed by atoms with van der Waals surface area (Å²) >= 11 is 0. The average molecular weight is 350 g/mol. The molecule has 126 valence electrons. The SMILES string of the molecule is FC1(F)c2c#cc(cc2)C(F)(F)C(F)(F)c2ccc(cc2)C1(F)F. The molecule has 6 rings (SSSR count). The maximum absolute atomic E-state index is 14.1. The van der Waals surface area contributed by atoms with Crippen LogP contribution >= 0.6 is 0 Å². The van der Waals surface area contributed by atoms with Gasteiger partial charge in [0.1, 0.15) is 0 Å². The third kappa shape index (κ3) is 1.93. The van der Waals surface area contributed by atoms with Crippen LogP contribution in [0.25, 0.3) is 0 Å². The summed E-state index contributed by atoms with van der Waals surface area (Å²) in [6.45, 7) is 0. The van der Waals surface area contributed by atoms with Crippen molar-refractivity contribution in [3.8, 4) is 0 Å². The Morgan fingerprint density at radius 1 is 0.458 bits per heavy atom. The second-order valence-corrected chi connectivity index (χ2v) is 5.29. The van der Waals surface area contributed by atoms with E-state index in [1.807, 2.05) is 0 Å². The summed E-state index contributed by atoms with van der Waals surface area (Å²) in [7, 11) is 0. The molecule has 0 heterocycles. The maximum Gasteiger partial charge on any atom is 0.347 e. The van der Waals surface area contributed by atoms with Crippen LogP contribution in [0.2, 0.25) is 0 Å². The Labute approximate surface area is 130 Å². The van der Waals surface area contributed by atoms with Crippen LogP contribution in [0.5, 0.6) is 0 Å². The Morgan fingerprint density at radius 2 is 0.750 bits per heavy atom. The van der Waals surface area contributed by atoms with Crippen molar-refractivity contribution >= 4 is 0 Å². The summed E-state index contributed by atoms with van der Waals surface area (Å²) in [5, 5.41) is 0. The smallest absolute Gasteiger partial charge is 0.194 e. The molecule has 0 aromatic heterocycles. The molecular weight excluding hydrogens is 344 g/mol. The predicted molar refractivity (Wildman–Crippen MR) is 66.1 cm³/mol. The topological polar surface area (TPSA) is 0 Å². The van der Waals surface area contributed by atoms with E-state index in [0.717, 1.165) is 0 Å². The molecule has 0 unspecified atom stereocenters. The van der Waals surface area contributed by atoms with Crippen molar-refractivity contribution in [3.63, 3.8) is 0 Å². The first kappa shape index (κ1) is 16.6. The van der Waals surface area contributed by atoms with Gasteiger partial charge in [0, 0.05) is 11.1 Å². The number of halogens is 8. The average Bonchev–Trinajstić information content (AvgIpc) is 2.54. The quantitative estimate of drug-likeness (QED) is 0.561. The third-order valence-corrected chi connectivity index (χ3v) is 3.82. The van der Waals surface area contributed by atoms with Gasteiger partial charge in [-0.1, -0.05) is 36.4 Å². The van der Waals surface area contributed by atoms with Gasteiger partial charge in [-0.3, -0.25) is 0 Å². The van der Waals surface area contributed by atoms with Crippen LogP contribution in [0.3, 0.4) is 0 Å². The van der Waals surface area contributed by atoms with E-state index in [1.54, 1.807) is 0 Å². The zero-order valence-electron chi connectivity index (χ0n) is 11.5. The van der Waals surface area contributed by atoms with Gasteiger partial charge in [0.15, 0.2) is 0 Å². The minimum atomic E-state index is -4.79. The lowest BCUT2D eigenvalue weighted by Gasteiger charge is -2.30. The Balaban J connectivity index is 2.36. The highest BCUT2D eigenvalue weighted by atomic mass is 19.3. The molecule has 4 aliphatic rings. The molecule has 0 N–H and O–H groups in total. The van der Waals surface area contributed by atoms with Gasteiger partial charge >= 0.3 is 23.7 Å². The van der Waals surface area contributed by atoms with E-state index in [2.05, 4.69) is 0 Å². The van der Waals surface area contributed by atoms with E-state index in [4.69, 9.17) is 0 Å². The van der Waals surface area contributed by atoms with Gasteiger partial charge in [0.2, 0.25) is 0 Å². The fourth-order valence-electron chi connectivity index (χ4n) is 2.34. The summed E-state index contributed by atoms with van der Waals surface area (Å²) in [4.78, 5) is 0. The van der Waals surface area contributed by atoms with Gasteiger partial charge in [0.25, 0.3) is 0 Å². The van der Waals surface area contributed by atoms with Crippen LogP contribution < -0.4 is 0 Å². The van der Waals surface area contributed by atoms with Crippen LogP contribution in [0.4, 0.5) is 35.1 Å². The van der Waals surface area contributed by atoms with Crippen molar-refractivity contribution in [2.45, 2.75) is 23.7 Å². The van der Waals surface area contributed by atoms with Crippen LogP contribution in [-0.2, 0) is 23.7 Å². The molecule has 0 radical (unpaired) electrons. The number of alkyl halides is 8. The highest BCUT2D eigenvalue weighted by molar-refractivity contribution is 5.36. The zero-order chi connectivity index (χ0) is 18.0. The first-order valence-electron chi connectivity index (χ1n) is 6.49. The standard InChI is InChI=1S/C16H6F8/c17-13(18)9-1-2-10(4-3-9)14(19,20)16(23,24)12-7-5-11(6-8-12)15(13,21)22/h1-5,7H. The molecule has 0 spiro atoms. The lowest BCUT2D eigenvalue weighted by molar-refractivity contribution is -0.227. The molecule has 0 aliphatic heterocycles. The Hall–Kier alpha value is -2.30. The summed E-state index contributed by atoms with van der Waals surface area (Å²) in [6, 6.07) is 4.50. The fraction of sp³-hybridized carbons (Fsp3) is 0.250. The molecule has 4 bridgehead atoms. The van der Waals surface area contributed by atoms with Crippen LogP contribution in [0.1, 0.15) is 22.3 Å². The summed E-state index contributed by atoms with van der Waals surface area (Å²) < 4.78 is 113. The Morgan fingerprint density at radius 3 is 1.00 bits per heavy atom. The van der Waals surface area contributed by atoms with Crippen molar-refractivity contribution in [2.24, 2.45) is 0 Å². The Bertz CT molecular complexity index is 626. The van der Waals surface area contributed by atoms with Crippen molar-refractivity contribution in [3.05, 3.63) is 70.8 Å². The van der Waals surface area contributed by atoms with Crippen molar-refractivity contribution < 1.29 is 35.1 Å². The summed E-state index contributed by atoms with van der Waals surface area (Å²) in [5.41, 5.74) is -5.43. The summed E-state index contributed by atoms with van der Waals surface area (Å²) in [5.74, 6) is -19.1. The summed E-state index contributed by atoms with van der Waals surface area (Å²) in [6.07, 6.45) is 0. The Kier molecular flexibility index (Phi) is 3.19. The second kappa shape index (κ2) is 4.62. The number of hydrogen-bond acceptors (Lipinski definition) is 0. The molecule has 24 heavy (non-hydrogen) atoms. The molecule has 0 fully saturated rings. The molecule has 0 saturated heterocycles. The predicted octanol–water partition coefficient (Wildman–Crippen LogP) is 5.37. The molecule has 0 atom stereocenters. The minimum absolute atomic E-state index is 0.220. The first-order valence-corrected chi connectivity index (χ1v) is 6.49. The van der Waals surface area contributed by atoms with Crippen molar-refractivity contribution in [2.75, 3.05) is 0 Å². The van der Waals surface area contributed by atoms with Gasteiger partial charge in [-0.05, 0) is 12.1 Å². The number of rotatable bonds is 0. The largest absolute Gasteiger partial charge is 0.347 e. The van der Waals surface area contributed by atoms with Gasteiger partial charge < -0.3 is 0 Å². The zero-order valence-corrected chi connectivity index (χ0v) is 11.5. The molecule has 8 heteroatoms. The lowest BCUT2D eigenvalue weighted by Crippen LogP contribution is -2.38. The van der Waals surface area contributed by atoms with E-state index in [0.29, 0.717) is 0 Å². The van der Waals surface area contributed by atoms with Crippen LogP contribution in [0.15, 0.2) is 36.4 Å². The monoisotopic (exact) mass is 350 g/mol. The molecule has 2 aromatic rings. The molecule has 0 nitrogen and oxygen atoms in total. The van der Waals surface area contributed by atoms with Gasteiger partial charge in [0.05, 0.1) is 11.1 Å². The van der Waals surface area contributed by atoms with E-state index >= 15 is 0 Å². The van der Waals surface area contributed by atoms with Gasteiger partial charge in [-0.25, -0.2) is 0 Å². The van der Waals surface area contributed by atoms with Gasteiger partial charge in [-0.15, -0.1) is 0 Å². The second-order valence-electron chi connectivity index (χ2n) is 5.29.